The van der Waals surface area contributed by atoms with Gasteiger partial charge in [0.25, 0.3) is 0 Å². The number of hydrogen-bond acceptors (Lipinski definition) is 5. The van der Waals surface area contributed by atoms with Gasteiger partial charge in [-0.15, -0.1) is 0 Å². The number of methoxy groups -OCH3 is 1. The first-order valence-electron chi connectivity index (χ1n) is 5.55. The van der Waals surface area contributed by atoms with Gasteiger partial charge in [0.1, 0.15) is 0 Å². The van der Waals surface area contributed by atoms with Crippen molar-refractivity contribution in [3.05, 3.63) is 12.3 Å². The van der Waals surface area contributed by atoms with E-state index in [1.807, 2.05) is 0 Å². The zero-order chi connectivity index (χ0) is 11.4. The average molecular weight is 223 g/mol. The third-order valence-corrected chi connectivity index (χ3v) is 2.72. The van der Waals surface area contributed by atoms with Crippen LogP contribution in [0.2, 0.25) is 0 Å². The van der Waals surface area contributed by atoms with Crippen molar-refractivity contribution in [2.45, 2.75) is 31.9 Å². The van der Waals surface area contributed by atoms with Gasteiger partial charge >= 0.3 is 0 Å². The standard InChI is InChI=1S/C11H17N3O2/c1-8(9-4-3-7-16-9)13-11-12-6-5-10(14-11)15-2/h5-6,8-9H,3-4,7H2,1-2H3,(H,12,13,14). The molecule has 1 aliphatic heterocycles. The lowest BCUT2D eigenvalue weighted by atomic mass is 10.1. The summed E-state index contributed by atoms with van der Waals surface area (Å²) >= 11 is 0. The molecular weight excluding hydrogens is 206 g/mol. The molecule has 2 unspecified atom stereocenters. The Hall–Kier alpha value is -1.36. The van der Waals surface area contributed by atoms with Crippen molar-refractivity contribution in [3.8, 4) is 5.88 Å². The van der Waals surface area contributed by atoms with Crippen molar-refractivity contribution in [1.82, 2.24) is 9.97 Å². The minimum absolute atomic E-state index is 0.217. The van der Waals surface area contributed by atoms with E-state index in [2.05, 4.69) is 22.2 Å². The molecule has 0 amide bonds. The quantitative estimate of drug-likeness (QED) is 0.837. The summed E-state index contributed by atoms with van der Waals surface area (Å²) < 4.78 is 10.6. The second-order valence-electron chi connectivity index (χ2n) is 3.91. The Labute approximate surface area is 95.2 Å². The highest BCUT2D eigenvalue weighted by Gasteiger charge is 2.22. The van der Waals surface area contributed by atoms with Gasteiger partial charge < -0.3 is 14.8 Å². The summed E-state index contributed by atoms with van der Waals surface area (Å²) in [7, 11) is 1.59. The predicted octanol–water partition coefficient (Wildman–Crippen LogP) is 1.46. The van der Waals surface area contributed by atoms with Crippen molar-refractivity contribution in [2.24, 2.45) is 0 Å². The average Bonchev–Trinajstić information content (AvgIpc) is 2.83. The van der Waals surface area contributed by atoms with Gasteiger partial charge in [-0.1, -0.05) is 0 Å². The lowest BCUT2D eigenvalue weighted by Gasteiger charge is -2.19. The third-order valence-electron chi connectivity index (χ3n) is 2.72. The Bertz CT molecular complexity index is 340. The van der Waals surface area contributed by atoms with E-state index in [9.17, 15) is 0 Å². The molecule has 1 aromatic rings. The summed E-state index contributed by atoms with van der Waals surface area (Å²) in [5.74, 6) is 1.15. The van der Waals surface area contributed by atoms with Crippen molar-refractivity contribution < 1.29 is 9.47 Å². The van der Waals surface area contributed by atoms with Crippen LogP contribution in [0.15, 0.2) is 12.3 Å². The summed E-state index contributed by atoms with van der Waals surface area (Å²) in [6.07, 6.45) is 4.17. The molecule has 5 nitrogen and oxygen atoms in total. The van der Waals surface area contributed by atoms with Crippen LogP contribution in [0.25, 0.3) is 0 Å². The van der Waals surface area contributed by atoms with Crippen LogP contribution >= 0.6 is 0 Å². The molecule has 2 rings (SSSR count). The summed E-state index contributed by atoms with van der Waals surface area (Å²) in [5, 5.41) is 3.23. The maximum Gasteiger partial charge on any atom is 0.226 e. The Morgan fingerprint density at radius 3 is 3.19 bits per heavy atom. The number of hydrogen-bond donors (Lipinski definition) is 1. The molecule has 0 bridgehead atoms. The molecular formula is C11H17N3O2. The third kappa shape index (κ3) is 2.61. The van der Waals surface area contributed by atoms with Crippen LogP contribution in [-0.4, -0.2) is 35.8 Å². The molecule has 0 aliphatic carbocycles. The van der Waals surface area contributed by atoms with Crippen molar-refractivity contribution in [2.75, 3.05) is 19.0 Å². The zero-order valence-corrected chi connectivity index (χ0v) is 9.64. The fourth-order valence-electron chi connectivity index (χ4n) is 1.82. The zero-order valence-electron chi connectivity index (χ0n) is 9.64. The van der Waals surface area contributed by atoms with Gasteiger partial charge in [-0.05, 0) is 19.8 Å². The van der Waals surface area contributed by atoms with Gasteiger partial charge in [0, 0.05) is 18.9 Å². The van der Waals surface area contributed by atoms with Crippen LogP contribution in [0.1, 0.15) is 19.8 Å². The SMILES string of the molecule is COc1ccnc(NC(C)C2CCCO2)n1. The molecule has 16 heavy (non-hydrogen) atoms. The molecule has 1 N–H and O–H groups in total. The highest BCUT2D eigenvalue weighted by molar-refractivity contribution is 5.29. The van der Waals surface area contributed by atoms with E-state index in [1.54, 1.807) is 19.4 Å². The molecule has 1 fully saturated rings. The van der Waals surface area contributed by atoms with E-state index in [-0.39, 0.29) is 12.1 Å². The van der Waals surface area contributed by atoms with Crippen molar-refractivity contribution >= 4 is 5.95 Å². The maximum absolute atomic E-state index is 5.59. The number of nitrogens with one attached hydrogen (secondary N) is 1. The number of nitrogens with zero attached hydrogens (tertiary/aromatic N) is 2. The van der Waals surface area contributed by atoms with Crippen LogP contribution in [0.5, 0.6) is 5.88 Å². The van der Waals surface area contributed by atoms with Crippen molar-refractivity contribution in [1.29, 1.82) is 0 Å². The summed E-state index contributed by atoms with van der Waals surface area (Å²) in [5.41, 5.74) is 0. The van der Waals surface area contributed by atoms with Gasteiger partial charge in [0.2, 0.25) is 11.8 Å². The molecule has 1 saturated heterocycles. The highest BCUT2D eigenvalue weighted by atomic mass is 16.5. The van der Waals surface area contributed by atoms with Gasteiger partial charge in [0.05, 0.1) is 19.3 Å². The topological polar surface area (TPSA) is 56.3 Å². The van der Waals surface area contributed by atoms with E-state index < -0.39 is 0 Å². The van der Waals surface area contributed by atoms with Gasteiger partial charge in [-0.2, -0.15) is 4.98 Å². The Balaban J connectivity index is 1.96. The first-order chi connectivity index (χ1) is 7.79. The Kier molecular flexibility index (Phi) is 3.56. The molecule has 1 aromatic heterocycles. The predicted molar refractivity (Wildman–Crippen MR) is 60.6 cm³/mol. The fourth-order valence-corrected chi connectivity index (χ4v) is 1.82. The van der Waals surface area contributed by atoms with Crippen LogP contribution in [0.3, 0.4) is 0 Å². The summed E-state index contributed by atoms with van der Waals surface area (Å²) in [6, 6.07) is 1.94. The fraction of sp³-hybridized carbons (Fsp3) is 0.636. The van der Waals surface area contributed by atoms with E-state index in [4.69, 9.17) is 9.47 Å². The van der Waals surface area contributed by atoms with Gasteiger partial charge in [0.15, 0.2) is 0 Å². The van der Waals surface area contributed by atoms with E-state index in [0.29, 0.717) is 11.8 Å². The van der Waals surface area contributed by atoms with E-state index in [0.717, 1.165) is 19.4 Å². The second-order valence-corrected chi connectivity index (χ2v) is 3.91. The number of anilines is 1. The van der Waals surface area contributed by atoms with Crippen molar-refractivity contribution in [3.63, 3.8) is 0 Å². The lowest BCUT2D eigenvalue weighted by molar-refractivity contribution is 0.0994. The summed E-state index contributed by atoms with van der Waals surface area (Å²) in [4.78, 5) is 8.34. The lowest BCUT2D eigenvalue weighted by Crippen LogP contribution is -2.30. The molecule has 0 aromatic carbocycles. The number of aromatic nitrogens is 2. The van der Waals surface area contributed by atoms with Crippen LogP contribution in [0, 0.1) is 0 Å². The largest absolute Gasteiger partial charge is 0.481 e. The first kappa shape index (κ1) is 11.1. The summed E-state index contributed by atoms with van der Waals surface area (Å²) in [6.45, 7) is 2.94. The maximum atomic E-state index is 5.59. The molecule has 0 radical (unpaired) electrons. The van der Waals surface area contributed by atoms with Gasteiger partial charge in [-0.25, -0.2) is 4.98 Å². The van der Waals surface area contributed by atoms with E-state index >= 15 is 0 Å². The minimum atomic E-state index is 0.217. The number of rotatable bonds is 4. The smallest absolute Gasteiger partial charge is 0.226 e. The monoisotopic (exact) mass is 223 g/mol. The molecule has 2 heterocycles. The van der Waals surface area contributed by atoms with Crippen LogP contribution in [0.4, 0.5) is 5.95 Å². The van der Waals surface area contributed by atoms with E-state index in [1.165, 1.54) is 0 Å². The first-order valence-corrected chi connectivity index (χ1v) is 5.55. The number of ether oxygens (including phenoxy) is 2. The Morgan fingerprint density at radius 1 is 1.62 bits per heavy atom. The Morgan fingerprint density at radius 2 is 2.50 bits per heavy atom. The normalized spacial score (nSPS) is 21.8. The minimum Gasteiger partial charge on any atom is -0.481 e. The second kappa shape index (κ2) is 5.12. The van der Waals surface area contributed by atoms with Crippen LogP contribution in [-0.2, 0) is 4.74 Å². The molecule has 5 heteroatoms. The molecule has 0 spiro atoms. The van der Waals surface area contributed by atoms with Crippen LogP contribution < -0.4 is 10.1 Å². The molecule has 0 saturated carbocycles. The van der Waals surface area contributed by atoms with Gasteiger partial charge in [-0.3, -0.25) is 0 Å². The highest BCUT2D eigenvalue weighted by Crippen LogP contribution is 2.18. The molecule has 2 atom stereocenters. The molecule has 1 aliphatic rings. The molecule has 88 valence electrons.